The van der Waals surface area contributed by atoms with Crippen molar-refractivity contribution in [3.63, 3.8) is 0 Å². The molecule has 96 valence electrons. The molecule has 0 aromatic heterocycles. The molecule has 1 unspecified atom stereocenters. The maximum Gasteiger partial charge on any atom is 0.0496 e. The number of aliphatic hydroxyl groups is 1. The first-order valence-corrected chi connectivity index (χ1v) is 6.82. The second-order valence-electron chi connectivity index (χ2n) is 6.15. The molecule has 0 amide bonds. The molecule has 1 saturated carbocycles. The molecular weight excluding hydrogens is 198 g/mol. The Labute approximate surface area is 101 Å². The fourth-order valence-electron chi connectivity index (χ4n) is 2.69. The number of hydrogen-bond acceptors (Lipinski definition) is 2. The Balaban J connectivity index is 2.42. The smallest absolute Gasteiger partial charge is 0.0496 e. The zero-order chi connectivity index (χ0) is 12.2. The average molecular weight is 227 g/mol. The number of rotatable bonds is 5. The van der Waals surface area contributed by atoms with E-state index in [9.17, 15) is 5.11 Å². The summed E-state index contributed by atoms with van der Waals surface area (Å²) < 4.78 is 0. The molecule has 0 aliphatic heterocycles. The Bertz CT molecular complexity index is 193. The maximum atomic E-state index is 9.45. The molecule has 0 bridgehead atoms. The van der Waals surface area contributed by atoms with Crippen molar-refractivity contribution < 1.29 is 5.11 Å². The zero-order valence-electron chi connectivity index (χ0n) is 11.5. The summed E-state index contributed by atoms with van der Waals surface area (Å²) >= 11 is 0. The predicted octanol–water partition coefficient (Wildman–Crippen LogP) is 2.91. The lowest BCUT2D eigenvalue weighted by Gasteiger charge is -2.38. The average Bonchev–Trinajstić information content (AvgIpc) is 2.29. The van der Waals surface area contributed by atoms with Crippen LogP contribution < -0.4 is 0 Å². The third-order valence-corrected chi connectivity index (χ3v) is 4.48. The Morgan fingerprint density at radius 3 is 2.25 bits per heavy atom. The molecular formula is C14H29NO. The molecule has 1 fully saturated rings. The predicted molar refractivity (Wildman–Crippen MR) is 69.5 cm³/mol. The van der Waals surface area contributed by atoms with E-state index < -0.39 is 0 Å². The van der Waals surface area contributed by atoms with Gasteiger partial charge in [-0.05, 0) is 45.1 Å². The van der Waals surface area contributed by atoms with Crippen molar-refractivity contribution in [1.29, 1.82) is 0 Å². The summed E-state index contributed by atoms with van der Waals surface area (Å²) in [5, 5.41) is 9.45. The van der Waals surface area contributed by atoms with Crippen LogP contribution in [0, 0.1) is 11.3 Å². The summed E-state index contributed by atoms with van der Waals surface area (Å²) in [5.41, 5.74) is 0.0812. The maximum absolute atomic E-state index is 9.45. The van der Waals surface area contributed by atoms with Crippen molar-refractivity contribution in [2.75, 3.05) is 20.2 Å². The van der Waals surface area contributed by atoms with Crippen LogP contribution in [0.4, 0.5) is 0 Å². The lowest BCUT2D eigenvalue weighted by atomic mass is 9.84. The van der Waals surface area contributed by atoms with Crippen LogP contribution in [0.1, 0.15) is 52.9 Å². The monoisotopic (exact) mass is 227 g/mol. The second-order valence-corrected chi connectivity index (χ2v) is 6.15. The van der Waals surface area contributed by atoms with E-state index in [1.165, 1.54) is 25.7 Å². The summed E-state index contributed by atoms with van der Waals surface area (Å²) in [6.07, 6.45) is 6.47. The Hall–Kier alpha value is -0.0800. The first kappa shape index (κ1) is 14.0. The van der Waals surface area contributed by atoms with Crippen LogP contribution in [0.3, 0.4) is 0 Å². The van der Waals surface area contributed by atoms with Gasteiger partial charge in [0.2, 0.25) is 0 Å². The van der Waals surface area contributed by atoms with Crippen LogP contribution in [0.15, 0.2) is 0 Å². The van der Waals surface area contributed by atoms with E-state index in [2.05, 4.69) is 32.7 Å². The molecule has 2 nitrogen and oxygen atoms in total. The first-order chi connectivity index (χ1) is 7.50. The van der Waals surface area contributed by atoms with Crippen molar-refractivity contribution in [1.82, 2.24) is 4.90 Å². The molecule has 0 aromatic carbocycles. The highest BCUT2D eigenvalue weighted by molar-refractivity contribution is 4.81. The Morgan fingerprint density at radius 1 is 1.25 bits per heavy atom. The fourth-order valence-corrected chi connectivity index (χ4v) is 2.69. The van der Waals surface area contributed by atoms with Gasteiger partial charge in [-0.3, -0.25) is 0 Å². The highest BCUT2D eigenvalue weighted by atomic mass is 16.3. The zero-order valence-corrected chi connectivity index (χ0v) is 11.5. The largest absolute Gasteiger partial charge is 0.396 e. The van der Waals surface area contributed by atoms with E-state index in [0.717, 1.165) is 24.9 Å². The van der Waals surface area contributed by atoms with Gasteiger partial charge in [-0.25, -0.2) is 0 Å². The minimum Gasteiger partial charge on any atom is -0.396 e. The SMILES string of the molecule is CCC(C)(CO)CN(C)C1CCC(C)CC1. The van der Waals surface area contributed by atoms with Crippen LogP contribution in [0.2, 0.25) is 0 Å². The summed E-state index contributed by atoms with van der Waals surface area (Å²) in [4.78, 5) is 2.48. The minimum atomic E-state index is 0.0812. The van der Waals surface area contributed by atoms with Crippen molar-refractivity contribution in [2.24, 2.45) is 11.3 Å². The molecule has 1 aliphatic carbocycles. The molecule has 1 rings (SSSR count). The van der Waals surface area contributed by atoms with Gasteiger partial charge in [0.15, 0.2) is 0 Å². The van der Waals surface area contributed by atoms with E-state index in [0.29, 0.717) is 6.61 Å². The molecule has 16 heavy (non-hydrogen) atoms. The highest BCUT2D eigenvalue weighted by Gasteiger charge is 2.28. The van der Waals surface area contributed by atoms with Gasteiger partial charge in [-0.15, -0.1) is 0 Å². The molecule has 1 atom stereocenters. The standard InChI is InChI=1S/C14H29NO/c1-5-14(3,11-16)10-15(4)13-8-6-12(2)7-9-13/h12-13,16H,5-11H2,1-4H3. The number of hydrogen-bond donors (Lipinski definition) is 1. The summed E-state index contributed by atoms with van der Waals surface area (Å²) in [7, 11) is 2.23. The molecule has 0 saturated heterocycles. The second kappa shape index (κ2) is 6.02. The van der Waals surface area contributed by atoms with Crippen molar-refractivity contribution in [3.05, 3.63) is 0 Å². The van der Waals surface area contributed by atoms with E-state index in [-0.39, 0.29) is 5.41 Å². The van der Waals surface area contributed by atoms with E-state index >= 15 is 0 Å². The quantitative estimate of drug-likeness (QED) is 0.780. The summed E-state index contributed by atoms with van der Waals surface area (Å²) in [6, 6.07) is 0.744. The van der Waals surface area contributed by atoms with Gasteiger partial charge in [-0.1, -0.05) is 20.8 Å². The highest BCUT2D eigenvalue weighted by Crippen LogP contribution is 2.29. The Morgan fingerprint density at radius 2 is 1.81 bits per heavy atom. The van der Waals surface area contributed by atoms with Crippen LogP contribution >= 0.6 is 0 Å². The van der Waals surface area contributed by atoms with Gasteiger partial charge < -0.3 is 10.0 Å². The van der Waals surface area contributed by atoms with Gasteiger partial charge in [0.25, 0.3) is 0 Å². The molecule has 0 spiro atoms. The molecule has 1 N–H and O–H groups in total. The lowest BCUT2D eigenvalue weighted by molar-refractivity contribution is 0.0638. The molecule has 0 aromatic rings. The van der Waals surface area contributed by atoms with E-state index in [1.807, 2.05) is 0 Å². The van der Waals surface area contributed by atoms with Crippen LogP contribution in [0.5, 0.6) is 0 Å². The third-order valence-electron chi connectivity index (χ3n) is 4.48. The van der Waals surface area contributed by atoms with E-state index in [1.54, 1.807) is 0 Å². The minimum absolute atomic E-state index is 0.0812. The molecule has 0 radical (unpaired) electrons. The lowest BCUT2D eigenvalue weighted by Crippen LogP contribution is -2.42. The van der Waals surface area contributed by atoms with Gasteiger partial charge in [0.05, 0.1) is 0 Å². The van der Waals surface area contributed by atoms with Gasteiger partial charge in [0.1, 0.15) is 0 Å². The molecule has 0 heterocycles. The summed E-state index contributed by atoms with van der Waals surface area (Å²) in [5.74, 6) is 0.917. The van der Waals surface area contributed by atoms with Crippen LogP contribution in [-0.4, -0.2) is 36.2 Å². The van der Waals surface area contributed by atoms with Gasteiger partial charge in [-0.2, -0.15) is 0 Å². The Kier molecular flexibility index (Phi) is 5.26. The molecule has 2 heteroatoms. The number of aliphatic hydroxyl groups excluding tert-OH is 1. The van der Waals surface area contributed by atoms with Crippen molar-refractivity contribution in [2.45, 2.75) is 58.9 Å². The summed E-state index contributed by atoms with van der Waals surface area (Å²) in [6.45, 7) is 8.05. The normalized spacial score (nSPS) is 30.4. The van der Waals surface area contributed by atoms with Crippen LogP contribution in [-0.2, 0) is 0 Å². The first-order valence-electron chi connectivity index (χ1n) is 6.82. The fraction of sp³-hybridized carbons (Fsp3) is 1.00. The van der Waals surface area contributed by atoms with Gasteiger partial charge in [0, 0.05) is 24.6 Å². The topological polar surface area (TPSA) is 23.5 Å². The molecule has 1 aliphatic rings. The van der Waals surface area contributed by atoms with Gasteiger partial charge >= 0.3 is 0 Å². The van der Waals surface area contributed by atoms with Crippen LogP contribution in [0.25, 0.3) is 0 Å². The number of nitrogens with zero attached hydrogens (tertiary/aromatic N) is 1. The van der Waals surface area contributed by atoms with Crippen molar-refractivity contribution in [3.8, 4) is 0 Å². The van der Waals surface area contributed by atoms with Crippen molar-refractivity contribution >= 4 is 0 Å². The van der Waals surface area contributed by atoms with E-state index in [4.69, 9.17) is 0 Å². The third kappa shape index (κ3) is 3.74.